The van der Waals surface area contributed by atoms with Gasteiger partial charge in [0.2, 0.25) is 0 Å². The van der Waals surface area contributed by atoms with Gasteiger partial charge in [0, 0.05) is 25.7 Å². The zero-order chi connectivity index (χ0) is 61.9. The van der Waals surface area contributed by atoms with Crippen LogP contribution in [0.3, 0.4) is 0 Å². The smallest absolute Gasteiger partial charge is 0.462 e. The number of aliphatic hydroxyl groups excluding tert-OH is 1. The average molecular weight is 1240 g/mol. The highest BCUT2D eigenvalue weighted by molar-refractivity contribution is 7.47. The van der Waals surface area contributed by atoms with Gasteiger partial charge in [-0.3, -0.25) is 37.3 Å². The molecule has 17 nitrogen and oxygen atoms in total. The highest BCUT2D eigenvalue weighted by Crippen LogP contribution is 2.45. The van der Waals surface area contributed by atoms with Crippen LogP contribution in [0.2, 0.25) is 0 Å². The number of hydrogen-bond acceptors (Lipinski definition) is 15. The molecule has 0 bridgehead atoms. The first kappa shape index (κ1) is 82.1. The summed E-state index contributed by atoms with van der Waals surface area (Å²) in [6.45, 7) is 4.85. The van der Waals surface area contributed by atoms with Gasteiger partial charge in [0.05, 0.1) is 26.4 Å². The summed E-state index contributed by atoms with van der Waals surface area (Å²) in [6, 6.07) is 0. The van der Waals surface area contributed by atoms with E-state index in [1.165, 1.54) is 154 Å². The molecule has 0 aliphatic carbocycles. The minimum Gasteiger partial charge on any atom is -0.462 e. The van der Waals surface area contributed by atoms with E-state index in [4.69, 9.17) is 37.0 Å². The second kappa shape index (κ2) is 60.0. The number of phosphoric ester groups is 2. The Hall–Kier alpha value is -1.94. The lowest BCUT2D eigenvalue weighted by atomic mass is 10.0. The van der Waals surface area contributed by atoms with E-state index in [2.05, 4.69) is 27.7 Å². The SMILES string of the molecule is CCCCCCCCCCCCCCCCCCCC(=O)O[C@H](COC(=O)CCCCCCCCCCCCC)COP(=O)(O)OC[C@@H](O)COP(=O)(O)OC[C@@H](COC(=O)CCCCCCCCCC)OC(=O)CCCCCCCCCC. The van der Waals surface area contributed by atoms with Crippen molar-refractivity contribution in [3.05, 3.63) is 0 Å². The van der Waals surface area contributed by atoms with Crippen molar-refractivity contribution in [1.82, 2.24) is 0 Å². The molecule has 0 rings (SSSR count). The molecule has 0 heterocycles. The number of ether oxygens (including phenoxy) is 4. The van der Waals surface area contributed by atoms with Crippen molar-refractivity contribution < 1.29 is 80.2 Å². The molecule has 0 aromatic carbocycles. The standard InChI is InChI=1S/C65H126O17P2/c1-5-9-13-17-21-25-27-28-29-30-31-32-34-36-40-44-48-52-65(70)82-61(56-76-63(68)50-46-42-39-35-33-26-22-18-14-10-6-2)58-80-84(73,74)78-54-59(66)53-77-83(71,72)79-57-60(81-64(69)51-47-43-38-24-20-16-12-8-4)55-75-62(67)49-45-41-37-23-19-15-11-7-3/h59-61,66H,5-58H2,1-4H3,(H,71,72)(H,73,74)/t59-,60+,61+/m0/s1. The maximum Gasteiger partial charge on any atom is 0.472 e. The normalized spacial score (nSPS) is 14.1. The van der Waals surface area contributed by atoms with Crippen LogP contribution in [0.15, 0.2) is 0 Å². The van der Waals surface area contributed by atoms with Crippen molar-refractivity contribution >= 4 is 39.5 Å². The fourth-order valence-electron chi connectivity index (χ4n) is 9.81. The summed E-state index contributed by atoms with van der Waals surface area (Å²) in [5.41, 5.74) is 0. The first-order chi connectivity index (χ1) is 40.7. The molecular formula is C65H126O17P2. The Morgan fingerprint density at radius 3 is 0.702 bits per heavy atom. The highest BCUT2D eigenvalue weighted by Gasteiger charge is 2.30. The van der Waals surface area contributed by atoms with E-state index in [-0.39, 0.29) is 25.7 Å². The summed E-state index contributed by atoms with van der Waals surface area (Å²) in [5, 5.41) is 10.5. The Labute approximate surface area is 511 Å². The van der Waals surface area contributed by atoms with E-state index >= 15 is 0 Å². The number of esters is 4. The first-order valence-electron chi connectivity index (χ1n) is 34.3. The Kier molecular flexibility index (Phi) is 58.6. The van der Waals surface area contributed by atoms with Crippen LogP contribution < -0.4 is 0 Å². The molecule has 5 atom stereocenters. The van der Waals surface area contributed by atoms with Gasteiger partial charge >= 0.3 is 39.5 Å². The lowest BCUT2D eigenvalue weighted by Crippen LogP contribution is -2.30. The molecule has 0 aromatic heterocycles. The Bertz CT molecular complexity index is 1620. The summed E-state index contributed by atoms with van der Waals surface area (Å²) < 4.78 is 67.9. The third kappa shape index (κ3) is 59.0. The second-order valence-electron chi connectivity index (χ2n) is 23.5. The van der Waals surface area contributed by atoms with Gasteiger partial charge in [-0.15, -0.1) is 0 Å². The zero-order valence-electron chi connectivity index (χ0n) is 53.9. The van der Waals surface area contributed by atoms with Crippen LogP contribution in [-0.2, 0) is 65.4 Å². The molecule has 19 heteroatoms. The molecule has 0 aliphatic rings. The first-order valence-corrected chi connectivity index (χ1v) is 37.3. The van der Waals surface area contributed by atoms with E-state index in [0.29, 0.717) is 25.7 Å². The number of hydrogen-bond donors (Lipinski definition) is 3. The summed E-state index contributed by atoms with van der Waals surface area (Å²) >= 11 is 0. The van der Waals surface area contributed by atoms with Gasteiger partial charge in [0.25, 0.3) is 0 Å². The van der Waals surface area contributed by atoms with Crippen molar-refractivity contribution in [2.45, 2.75) is 354 Å². The summed E-state index contributed by atoms with van der Waals surface area (Å²) in [6.07, 6.45) is 45.9. The molecule has 0 saturated carbocycles. The van der Waals surface area contributed by atoms with Gasteiger partial charge in [-0.1, -0.05) is 285 Å². The largest absolute Gasteiger partial charge is 0.472 e. The van der Waals surface area contributed by atoms with E-state index in [1.54, 1.807) is 0 Å². The van der Waals surface area contributed by atoms with Crippen LogP contribution in [0.4, 0.5) is 0 Å². The van der Waals surface area contributed by atoms with E-state index in [1.807, 2.05) is 0 Å². The molecular weight excluding hydrogens is 1110 g/mol. The van der Waals surface area contributed by atoms with Crippen molar-refractivity contribution in [3.63, 3.8) is 0 Å². The van der Waals surface area contributed by atoms with Gasteiger partial charge in [-0.25, -0.2) is 9.13 Å². The second-order valence-corrected chi connectivity index (χ2v) is 26.4. The van der Waals surface area contributed by atoms with Gasteiger partial charge in [0.15, 0.2) is 12.2 Å². The average Bonchev–Trinajstić information content (AvgIpc) is 3.48. The monoisotopic (exact) mass is 1240 g/mol. The minimum absolute atomic E-state index is 0.105. The number of carbonyl (C=O) groups is 4. The van der Waals surface area contributed by atoms with Crippen LogP contribution in [-0.4, -0.2) is 96.7 Å². The fourth-order valence-corrected chi connectivity index (χ4v) is 11.4. The van der Waals surface area contributed by atoms with Crippen molar-refractivity contribution in [3.8, 4) is 0 Å². The molecule has 3 N–H and O–H groups in total. The molecule has 2 unspecified atom stereocenters. The number of rotatable bonds is 66. The van der Waals surface area contributed by atoms with Gasteiger partial charge < -0.3 is 33.8 Å². The molecule has 0 amide bonds. The molecule has 0 radical (unpaired) electrons. The molecule has 0 fully saturated rings. The third-order valence-corrected chi connectivity index (χ3v) is 17.0. The maximum atomic E-state index is 13.0. The lowest BCUT2D eigenvalue weighted by molar-refractivity contribution is -0.161. The van der Waals surface area contributed by atoms with Gasteiger partial charge in [-0.2, -0.15) is 0 Å². The lowest BCUT2D eigenvalue weighted by Gasteiger charge is -2.21. The zero-order valence-corrected chi connectivity index (χ0v) is 55.7. The predicted molar refractivity (Wildman–Crippen MR) is 335 cm³/mol. The Morgan fingerprint density at radius 1 is 0.286 bits per heavy atom. The number of unbranched alkanes of at least 4 members (excludes halogenated alkanes) is 40. The van der Waals surface area contributed by atoms with Crippen molar-refractivity contribution in [1.29, 1.82) is 0 Å². The molecule has 0 aliphatic heterocycles. The molecule has 84 heavy (non-hydrogen) atoms. The third-order valence-electron chi connectivity index (χ3n) is 15.1. The van der Waals surface area contributed by atoms with Crippen LogP contribution in [0.25, 0.3) is 0 Å². The van der Waals surface area contributed by atoms with Gasteiger partial charge in [-0.05, 0) is 25.7 Å². The van der Waals surface area contributed by atoms with E-state index < -0.39 is 97.5 Å². The number of phosphoric acid groups is 2. The minimum atomic E-state index is -4.94. The summed E-state index contributed by atoms with van der Waals surface area (Å²) in [7, 11) is -9.88. The van der Waals surface area contributed by atoms with Crippen molar-refractivity contribution in [2.24, 2.45) is 0 Å². The Balaban J connectivity index is 5.17. The van der Waals surface area contributed by atoms with E-state index in [9.17, 15) is 43.2 Å². The van der Waals surface area contributed by atoms with Gasteiger partial charge in [0.1, 0.15) is 19.3 Å². The highest BCUT2D eigenvalue weighted by atomic mass is 31.2. The fraction of sp³-hybridized carbons (Fsp3) is 0.938. The molecule has 0 saturated heterocycles. The Morgan fingerprint density at radius 2 is 0.476 bits per heavy atom. The molecule has 498 valence electrons. The van der Waals surface area contributed by atoms with Crippen LogP contribution >= 0.6 is 15.6 Å². The number of aliphatic hydroxyl groups is 1. The summed E-state index contributed by atoms with van der Waals surface area (Å²) in [4.78, 5) is 72.1. The van der Waals surface area contributed by atoms with Crippen molar-refractivity contribution in [2.75, 3.05) is 39.6 Å². The maximum absolute atomic E-state index is 13.0. The predicted octanol–water partition coefficient (Wildman–Crippen LogP) is 18.3. The summed E-state index contributed by atoms with van der Waals surface area (Å²) in [5.74, 6) is -2.13. The molecule has 0 spiro atoms. The quantitative estimate of drug-likeness (QED) is 0.0222. The van der Waals surface area contributed by atoms with E-state index in [0.717, 1.165) is 103 Å². The topological polar surface area (TPSA) is 237 Å². The van der Waals surface area contributed by atoms with Crippen LogP contribution in [0.1, 0.15) is 336 Å². The van der Waals surface area contributed by atoms with Crippen LogP contribution in [0.5, 0.6) is 0 Å². The number of carbonyl (C=O) groups excluding carboxylic acids is 4. The molecule has 0 aromatic rings. The van der Waals surface area contributed by atoms with Crippen LogP contribution in [0, 0.1) is 0 Å².